The highest BCUT2D eigenvalue weighted by molar-refractivity contribution is 6.06. The number of carbonyl (C=O) groups is 1. The quantitative estimate of drug-likeness (QED) is 0.599. The predicted molar refractivity (Wildman–Crippen MR) is 95.7 cm³/mol. The van der Waals surface area contributed by atoms with Crippen molar-refractivity contribution in [2.75, 3.05) is 10.2 Å². The molecule has 0 atom stereocenters. The van der Waals surface area contributed by atoms with Gasteiger partial charge >= 0.3 is 6.03 Å². The molecule has 0 spiro atoms. The van der Waals surface area contributed by atoms with Crippen LogP contribution in [-0.4, -0.2) is 26.2 Å². The molecule has 2 amide bonds. The summed E-state index contributed by atoms with van der Waals surface area (Å²) >= 11 is 0. The van der Waals surface area contributed by atoms with Crippen molar-refractivity contribution in [3.05, 3.63) is 73.1 Å². The Kier molecular flexibility index (Phi) is 3.80. The first-order valence-corrected chi connectivity index (χ1v) is 7.68. The number of nitrogens with one attached hydrogen (secondary N) is 2. The van der Waals surface area contributed by atoms with E-state index in [0.29, 0.717) is 17.0 Å². The van der Waals surface area contributed by atoms with Crippen molar-refractivity contribution in [1.29, 1.82) is 0 Å². The number of benzene rings is 2. The molecule has 2 N–H and O–H groups in total. The lowest BCUT2D eigenvalue weighted by molar-refractivity contribution is 0.258. The van der Waals surface area contributed by atoms with Gasteiger partial charge in [-0.25, -0.2) is 14.7 Å². The monoisotopic (exact) mass is 330 g/mol. The summed E-state index contributed by atoms with van der Waals surface area (Å²) in [5.74, 6) is 0.261. The Morgan fingerprint density at radius 1 is 0.960 bits per heavy atom. The molecule has 7 heteroatoms. The van der Waals surface area contributed by atoms with Gasteiger partial charge in [-0.3, -0.25) is 5.10 Å². The largest absolute Gasteiger partial charge is 0.333 e. The van der Waals surface area contributed by atoms with E-state index in [-0.39, 0.29) is 12.0 Å². The minimum Gasteiger partial charge on any atom is -0.307 e. The van der Waals surface area contributed by atoms with Gasteiger partial charge in [0.05, 0.1) is 17.3 Å². The van der Waals surface area contributed by atoms with E-state index in [1.54, 1.807) is 12.4 Å². The van der Waals surface area contributed by atoms with E-state index in [0.717, 1.165) is 5.39 Å². The summed E-state index contributed by atoms with van der Waals surface area (Å²) in [5.41, 5.74) is 1.92. The molecule has 25 heavy (non-hydrogen) atoms. The number of amides is 2. The predicted octanol–water partition coefficient (Wildman–Crippen LogP) is 3.72. The van der Waals surface area contributed by atoms with Gasteiger partial charge in [0, 0.05) is 11.9 Å². The van der Waals surface area contributed by atoms with Crippen molar-refractivity contribution >= 4 is 34.4 Å². The molecule has 0 aliphatic heterocycles. The molecule has 0 saturated heterocycles. The number of aromatic amines is 1. The fourth-order valence-corrected chi connectivity index (χ4v) is 2.44. The molecule has 0 aliphatic rings. The maximum Gasteiger partial charge on any atom is 0.333 e. The number of fused-ring (bicyclic) bond motifs is 1. The van der Waals surface area contributed by atoms with Crippen LogP contribution < -0.4 is 10.2 Å². The van der Waals surface area contributed by atoms with Gasteiger partial charge in [-0.1, -0.05) is 36.4 Å². The second-order valence-corrected chi connectivity index (χ2v) is 5.31. The van der Waals surface area contributed by atoms with Crippen molar-refractivity contribution in [1.82, 2.24) is 20.2 Å². The second-order valence-electron chi connectivity index (χ2n) is 5.31. The van der Waals surface area contributed by atoms with E-state index in [1.807, 2.05) is 60.7 Å². The summed E-state index contributed by atoms with van der Waals surface area (Å²) in [6.07, 6.45) is 3.27. The second kappa shape index (κ2) is 6.40. The minimum absolute atomic E-state index is 0.261. The van der Waals surface area contributed by atoms with Crippen LogP contribution in [0.5, 0.6) is 0 Å². The smallest absolute Gasteiger partial charge is 0.307 e. The van der Waals surface area contributed by atoms with Crippen LogP contribution in [0.4, 0.5) is 22.1 Å². The molecule has 7 nitrogen and oxygen atoms in total. The van der Waals surface area contributed by atoms with Gasteiger partial charge in [-0.2, -0.15) is 10.1 Å². The maximum absolute atomic E-state index is 12.9. The maximum atomic E-state index is 12.9. The van der Waals surface area contributed by atoms with Gasteiger partial charge in [0.2, 0.25) is 5.95 Å². The molecular weight excluding hydrogens is 316 g/mol. The van der Waals surface area contributed by atoms with Crippen LogP contribution in [-0.2, 0) is 0 Å². The molecule has 0 aliphatic carbocycles. The average molecular weight is 330 g/mol. The third-order valence-electron chi connectivity index (χ3n) is 3.62. The first kappa shape index (κ1) is 14.8. The van der Waals surface area contributed by atoms with E-state index in [4.69, 9.17) is 0 Å². The molecule has 0 radical (unpaired) electrons. The number of hydrogen-bond acceptors (Lipinski definition) is 4. The van der Waals surface area contributed by atoms with E-state index >= 15 is 0 Å². The number of H-pyrrole nitrogens is 1. The van der Waals surface area contributed by atoms with Crippen molar-refractivity contribution in [2.45, 2.75) is 0 Å². The standard InChI is InChI=1S/C18H14N6O/c25-18(21-14-7-3-1-4-8-14)24(15-9-5-2-6-10-15)17-19-11-13-12-20-23-16(13)22-17/h1-12H,(H,21,25)(H,19,20,22,23). The fourth-order valence-electron chi connectivity index (χ4n) is 2.44. The summed E-state index contributed by atoms with van der Waals surface area (Å²) in [4.78, 5) is 23.0. The number of hydrogen-bond donors (Lipinski definition) is 2. The normalized spacial score (nSPS) is 10.6. The summed E-state index contributed by atoms with van der Waals surface area (Å²) in [7, 11) is 0. The van der Waals surface area contributed by atoms with Gasteiger partial charge in [-0.15, -0.1) is 0 Å². The van der Waals surface area contributed by atoms with E-state index in [2.05, 4.69) is 25.5 Å². The van der Waals surface area contributed by atoms with Gasteiger partial charge in [0.1, 0.15) is 0 Å². The van der Waals surface area contributed by atoms with Crippen molar-refractivity contribution in [3.63, 3.8) is 0 Å². The van der Waals surface area contributed by atoms with Gasteiger partial charge in [0.15, 0.2) is 5.65 Å². The Morgan fingerprint density at radius 2 is 1.68 bits per heavy atom. The Morgan fingerprint density at radius 3 is 2.44 bits per heavy atom. The number of rotatable bonds is 3. The number of carbonyl (C=O) groups excluding carboxylic acids is 1. The highest BCUT2D eigenvalue weighted by Gasteiger charge is 2.21. The van der Waals surface area contributed by atoms with Crippen LogP contribution in [0, 0.1) is 0 Å². The summed E-state index contributed by atoms with van der Waals surface area (Å²) in [5, 5.41) is 10.4. The fraction of sp³-hybridized carbons (Fsp3) is 0. The number of anilines is 3. The molecule has 4 aromatic rings. The Labute approximate surface area is 143 Å². The summed E-state index contributed by atoms with van der Waals surface area (Å²) in [6.45, 7) is 0. The number of nitrogens with zero attached hydrogens (tertiary/aromatic N) is 4. The van der Waals surface area contributed by atoms with Crippen molar-refractivity contribution in [3.8, 4) is 0 Å². The van der Waals surface area contributed by atoms with Crippen LogP contribution in [0.3, 0.4) is 0 Å². The summed E-state index contributed by atoms with van der Waals surface area (Å²) in [6, 6.07) is 18.1. The lowest BCUT2D eigenvalue weighted by atomic mass is 10.3. The van der Waals surface area contributed by atoms with E-state index in [9.17, 15) is 4.79 Å². The molecule has 4 rings (SSSR count). The van der Waals surface area contributed by atoms with Gasteiger partial charge in [-0.05, 0) is 24.3 Å². The number of aromatic nitrogens is 4. The van der Waals surface area contributed by atoms with Crippen molar-refractivity contribution < 1.29 is 4.79 Å². The number of para-hydroxylation sites is 2. The van der Waals surface area contributed by atoms with Crippen LogP contribution in [0.1, 0.15) is 0 Å². The van der Waals surface area contributed by atoms with E-state index in [1.165, 1.54) is 4.90 Å². The average Bonchev–Trinajstić information content (AvgIpc) is 3.11. The first-order chi connectivity index (χ1) is 12.3. The zero-order valence-electron chi connectivity index (χ0n) is 13.1. The lowest BCUT2D eigenvalue weighted by Crippen LogP contribution is -2.32. The van der Waals surface area contributed by atoms with Crippen LogP contribution in [0.2, 0.25) is 0 Å². The zero-order valence-corrected chi connectivity index (χ0v) is 13.1. The topological polar surface area (TPSA) is 86.8 Å². The zero-order chi connectivity index (χ0) is 17.1. The highest BCUT2D eigenvalue weighted by atomic mass is 16.2. The Bertz CT molecular complexity index is 1000. The van der Waals surface area contributed by atoms with Crippen LogP contribution in [0.15, 0.2) is 73.1 Å². The minimum atomic E-state index is -0.351. The highest BCUT2D eigenvalue weighted by Crippen LogP contribution is 2.24. The lowest BCUT2D eigenvalue weighted by Gasteiger charge is -2.21. The molecule has 0 saturated carbocycles. The molecule has 0 fully saturated rings. The Hall–Kier alpha value is -3.74. The molecule has 122 valence electrons. The van der Waals surface area contributed by atoms with Crippen molar-refractivity contribution in [2.24, 2.45) is 0 Å². The molecule has 2 aromatic carbocycles. The first-order valence-electron chi connectivity index (χ1n) is 7.68. The number of urea groups is 1. The van der Waals surface area contributed by atoms with Crippen LogP contribution in [0.25, 0.3) is 11.0 Å². The third kappa shape index (κ3) is 3.02. The van der Waals surface area contributed by atoms with Gasteiger partial charge in [0.25, 0.3) is 0 Å². The van der Waals surface area contributed by atoms with E-state index < -0.39 is 0 Å². The third-order valence-corrected chi connectivity index (χ3v) is 3.62. The molecule has 2 heterocycles. The molecule has 2 aromatic heterocycles. The van der Waals surface area contributed by atoms with Crippen LogP contribution >= 0.6 is 0 Å². The SMILES string of the molecule is O=C(Nc1ccccc1)N(c1ccccc1)c1ncc2cn[nH]c2n1. The molecular formula is C18H14N6O. The van der Waals surface area contributed by atoms with Gasteiger partial charge < -0.3 is 5.32 Å². The summed E-state index contributed by atoms with van der Waals surface area (Å²) < 4.78 is 0. The molecule has 0 bridgehead atoms. The Balaban J connectivity index is 1.74. The molecule has 0 unspecified atom stereocenters.